The van der Waals surface area contributed by atoms with Crippen LogP contribution in [0.1, 0.15) is 44.3 Å². The number of carbonyl (C=O) groups excluding carboxylic acids is 1. The lowest BCUT2D eigenvalue weighted by molar-refractivity contribution is -0.221. The Morgan fingerprint density at radius 3 is 2.60 bits per heavy atom. The summed E-state index contributed by atoms with van der Waals surface area (Å²) in [7, 11) is 0. The molecule has 2 aromatic rings. The van der Waals surface area contributed by atoms with E-state index in [1.54, 1.807) is 24.3 Å². The molecule has 1 unspecified atom stereocenters. The maximum atomic E-state index is 13.2. The normalized spacial score (nSPS) is 19.8. The molecular formula is C23H27ClFNO4. The Kier molecular flexibility index (Phi) is 8.49. The summed E-state index contributed by atoms with van der Waals surface area (Å²) >= 11 is 5.94. The summed E-state index contributed by atoms with van der Waals surface area (Å²) in [6.07, 6.45) is 2.60. The van der Waals surface area contributed by atoms with Gasteiger partial charge in [0.15, 0.2) is 6.29 Å². The lowest BCUT2D eigenvalue weighted by Gasteiger charge is -2.32. The standard InChI is InChI=1S/C23H27ClFNO4/c1-16(27)26-19-9-11-20(12-10-19)28-15-21-3-2-4-23(29-21)30-22(13-14-24)17-5-7-18(25)8-6-17/h5-12,21-23H,2-4,13-15H2,1H3,(H,26,27)/t21-,22?,23+/m1/s1. The van der Waals surface area contributed by atoms with Crippen molar-refractivity contribution >= 4 is 23.2 Å². The van der Waals surface area contributed by atoms with Gasteiger partial charge in [-0.1, -0.05) is 12.1 Å². The molecule has 30 heavy (non-hydrogen) atoms. The van der Waals surface area contributed by atoms with Crippen molar-refractivity contribution in [2.24, 2.45) is 0 Å². The predicted octanol–water partition coefficient (Wildman–Crippen LogP) is 5.44. The molecule has 5 nitrogen and oxygen atoms in total. The van der Waals surface area contributed by atoms with E-state index in [1.807, 2.05) is 12.1 Å². The van der Waals surface area contributed by atoms with Crippen LogP contribution in [0.5, 0.6) is 5.75 Å². The highest BCUT2D eigenvalue weighted by molar-refractivity contribution is 6.17. The van der Waals surface area contributed by atoms with Crippen molar-refractivity contribution in [3.05, 3.63) is 59.9 Å². The molecule has 3 rings (SSSR count). The van der Waals surface area contributed by atoms with E-state index in [-0.39, 0.29) is 30.2 Å². The maximum Gasteiger partial charge on any atom is 0.221 e. The SMILES string of the molecule is CC(=O)Nc1ccc(OC[C@H]2CCC[C@H](OC(CCCl)c3ccc(F)cc3)O2)cc1. The van der Waals surface area contributed by atoms with Crippen molar-refractivity contribution in [3.63, 3.8) is 0 Å². The van der Waals surface area contributed by atoms with Gasteiger partial charge in [-0.3, -0.25) is 4.79 Å². The second kappa shape index (κ2) is 11.3. The monoisotopic (exact) mass is 435 g/mol. The van der Waals surface area contributed by atoms with E-state index in [0.717, 1.165) is 30.5 Å². The van der Waals surface area contributed by atoms with Crippen LogP contribution in [0.15, 0.2) is 48.5 Å². The van der Waals surface area contributed by atoms with Gasteiger partial charge in [0.1, 0.15) is 18.2 Å². The van der Waals surface area contributed by atoms with E-state index in [1.165, 1.54) is 19.1 Å². The van der Waals surface area contributed by atoms with Crippen molar-refractivity contribution < 1.29 is 23.4 Å². The van der Waals surface area contributed by atoms with Crippen LogP contribution in [0.2, 0.25) is 0 Å². The van der Waals surface area contributed by atoms with Crippen LogP contribution < -0.4 is 10.1 Å². The molecule has 0 aliphatic carbocycles. The number of hydrogen-bond donors (Lipinski definition) is 1. The van der Waals surface area contributed by atoms with Gasteiger partial charge in [0.05, 0.1) is 12.2 Å². The van der Waals surface area contributed by atoms with Gasteiger partial charge in [-0.25, -0.2) is 4.39 Å². The summed E-state index contributed by atoms with van der Waals surface area (Å²) in [6.45, 7) is 1.88. The third-order valence-electron chi connectivity index (χ3n) is 4.85. The molecule has 0 aromatic heterocycles. The lowest BCUT2D eigenvalue weighted by atomic mass is 10.1. The Morgan fingerprint density at radius 1 is 1.20 bits per heavy atom. The molecule has 3 atom stereocenters. The zero-order chi connectivity index (χ0) is 21.3. The lowest BCUT2D eigenvalue weighted by Crippen LogP contribution is -2.34. The van der Waals surface area contributed by atoms with Gasteiger partial charge in [-0.15, -0.1) is 11.6 Å². The predicted molar refractivity (Wildman–Crippen MR) is 114 cm³/mol. The van der Waals surface area contributed by atoms with Crippen LogP contribution in [0.4, 0.5) is 10.1 Å². The molecule has 1 N–H and O–H groups in total. The van der Waals surface area contributed by atoms with E-state index < -0.39 is 0 Å². The second-order valence-electron chi connectivity index (χ2n) is 7.29. The Hall–Kier alpha value is -2.15. The fourth-order valence-corrected chi connectivity index (χ4v) is 3.58. The number of halogens is 2. The number of nitrogens with one attached hydrogen (secondary N) is 1. The number of anilines is 1. The number of rotatable bonds is 9. The fourth-order valence-electron chi connectivity index (χ4n) is 3.39. The van der Waals surface area contributed by atoms with Crippen LogP contribution in [0.25, 0.3) is 0 Å². The number of benzene rings is 2. The van der Waals surface area contributed by atoms with Crippen LogP contribution in [0, 0.1) is 5.82 Å². The molecule has 0 saturated carbocycles. The van der Waals surface area contributed by atoms with Crippen LogP contribution in [-0.4, -0.2) is 30.8 Å². The molecule has 0 radical (unpaired) electrons. The minimum atomic E-state index is -0.354. The molecular weight excluding hydrogens is 409 g/mol. The van der Waals surface area contributed by atoms with Crippen LogP contribution in [0.3, 0.4) is 0 Å². The molecule has 1 heterocycles. The van der Waals surface area contributed by atoms with E-state index in [0.29, 0.717) is 24.7 Å². The molecule has 0 spiro atoms. The topological polar surface area (TPSA) is 56.8 Å². The molecule has 2 aromatic carbocycles. The highest BCUT2D eigenvalue weighted by Gasteiger charge is 2.26. The third kappa shape index (κ3) is 6.97. The molecule has 1 aliphatic rings. The zero-order valence-corrected chi connectivity index (χ0v) is 17.7. The molecule has 1 amide bonds. The smallest absolute Gasteiger partial charge is 0.221 e. The largest absolute Gasteiger partial charge is 0.491 e. The number of amides is 1. The number of carbonyl (C=O) groups is 1. The van der Waals surface area contributed by atoms with Crippen molar-refractivity contribution in [1.29, 1.82) is 0 Å². The number of alkyl halides is 1. The van der Waals surface area contributed by atoms with E-state index >= 15 is 0 Å². The first-order valence-corrected chi connectivity index (χ1v) is 10.7. The van der Waals surface area contributed by atoms with E-state index in [2.05, 4.69) is 5.32 Å². The minimum absolute atomic E-state index is 0.0800. The summed E-state index contributed by atoms with van der Waals surface area (Å²) in [6, 6.07) is 13.5. The molecule has 0 bridgehead atoms. The Bertz CT molecular complexity index is 800. The summed E-state index contributed by atoms with van der Waals surface area (Å²) < 4.78 is 31.3. The molecule has 1 fully saturated rings. The summed E-state index contributed by atoms with van der Waals surface area (Å²) in [4.78, 5) is 11.1. The van der Waals surface area contributed by atoms with Gasteiger partial charge in [-0.2, -0.15) is 0 Å². The highest BCUT2D eigenvalue weighted by atomic mass is 35.5. The molecule has 1 aliphatic heterocycles. The highest BCUT2D eigenvalue weighted by Crippen LogP contribution is 2.29. The fraction of sp³-hybridized carbons (Fsp3) is 0.435. The summed E-state index contributed by atoms with van der Waals surface area (Å²) in [5.74, 6) is 0.760. The number of ether oxygens (including phenoxy) is 3. The first-order chi connectivity index (χ1) is 14.5. The van der Waals surface area contributed by atoms with Gasteiger partial charge in [0, 0.05) is 18.5 Å². The summed E-state index contributed by atoms with van der Waals surface area (Å²) in [5.41, 5.74) is 1.61. The van der Waals surface area contributed by atoms with Crippen LogP contribution in [-0.2, 0) is 14.3 Å². The second-order valence-corrected chi connectivity index (χ2v) is 7.67. The Labute approximate surface area is 181 Å². The average Bonchev–Trinajstić information content (AvgIpc) is 2.73. The van der Waals surface area contributed by atoms with Gasteiger partial charge < -0.3 is 19.5 Å². The van der Waals surface area contributed by atoms with Crippen molar-refractivity contribution in [1.82, 2.24) is 0 Å². The minimum Gasteiger partial charge on any atom is -0.491 e. The Balaban J connectivity index is 1.51. The van der Waals surface area contributed by atoms with E-state index in [9.17, 15) is 9.18 Å². The summed E-state index contributed by atoms with van der Waals surface area (Å²) in [5, 5.41) is 2.72. The third-order valence-corrected chi connectivity index (χ3v) is 5.07. The van der Waals surface area contributed by atoms with Crippen LogP contribution >= 0.6 is 11.6 Å². The first kappa shape index (κ1) is 22.5. The molecule has 7 heteroatoms. The van der Waals surface area contributed by atoms with Crippen molar-refractivity contribution in [3.8, 4) is 5.75 Å². The zero-order valence-electron chi connectivity index (χ0n) is 17.0. The average molecular weight is 436 g/mol. The number of hydrogen-bond acceptors (Lipinski definition) is 4. The maximum absolute atomic E-state index is 13.2. The van der Waals surface area contributed by atoms with Gasteiger partial charge in [0.25, 0.3) is 0 Å². The van der Waals surface area contributed by atoms with Gasteiger partial charge in [-0.05, 0) is 67.6 Å². The first-order valence-electron chi connectivity index (χ1n) is 10.2. The van der Waals surface area contributed by atoms with Crippen molar-refractivity contribution in [2.45, 2.75) is 51.1 Å². The van der Waals surface area contributed by atoms with Gasteiger partial charge in [0.2, 0.25) is 5.91 Å². The molecule has 1 saturated heterocycles. The quantitative estimate of drug-likeness (QED) is 0.532. The van der Waals surface area contributed by atoms with Crippen molar-refractivity contribution in [2.75, 3.05) is 17.8 Å². The Morgan fingerprint density at radius 2 is 1.93 bits per heavy atom. The van der Waals surface area contributed by atoms with E-state index in [4.69, 9.17) is 25.8 Å². The van der Waals surface area contributed by atoms with Gasteiger partial charge >= 0.3 is 0 Å². The molecule has 162 valence electrons.